The van der Waals surface area contributed by atoms with Crippen LogP contribution in [0.25, 0.3) is 0 Å². The van der Waals surface area contributed by atoms with Crippen LogP contribution in [0.5, 0.6) is 0 Å². The summed E-state index contributed by atoms with van der Waals surface area (Å²) in [6.45, 7) is 2.92. The molecule has 0 saturated carbocycles. The molecule has 0 aliphatic carbocycles. The van der Waals surface area contributed by atoms with Gasteiger partial charge in [-0.25, -0.2) is 9.38 Å². The van der Waals surface area contributed by atoms with Crippen LogP contribution < -0.4 is 16.0 Å². The molecule has 0 bridgehead atoms. The normalized spacial score (nSPS) is 26.1. The van der Waals surface area contributed by atoms with Crippen molar-refractivity contribution in [2.45, 2.75) is 44.5 Å². The highest BCUT2D eigenvalue weighted by Crippen LogP contribution is 2.23. The molecule has 2 atom stereocenters. The fourth-order valence-corrected chi connectivity index (χ4v) is 3.11. The molecule has 26 heavy (non-hydrogen) atoms. The van der Waals surface area contributed by atoms with E-state index in [0.29, 0.717) is 11.4 Å². The highest BCUT2D eigenvalue weighted by Gasteiger charge is 2.37. The Balaban J connectivity index is 1.70. The number of carbonyl (C=O) groups is 1. The Labute approximate surface area is 151 Å². The maximum atomic E-state index is 12.9. The van der Waals surface area contributed by atoms with Gasteiger partial charge in [0.15, 0.2) is 5.76 Å². The lowest BCUT2D eigenvalue weighted by molar-refractivity contribution is -0.118. The number of aliphatic hydroxyl groups is 2. The highest BCUT2D eigenvalue weighted by atomic mass is 19.1. The molecule has 3 rings (SSSR count). The summed E-state index contributed by atoms with van der Waals surface area (Å²) < 4.78 is 12.9. The zero-order chi connectivity index (χ0) is 18.7. The maximum absolute atomic E-state index is 12.9. The minimum Gasteiger partial charge on any atom is -0.506 e. The molecule has 1 aromatic rings. The molecule has 0 spiro atoms. The van der Waals surface area contributed by atoms with E-state index in [9.17, 15) is 19.4 Å². The molecule has 0 aromatic heterocycles. The molecule has 2 unspecified atom stereocenters. The van der Waals surface area contributed by atoms with E-state index in [-0.39, 0.29) is 18.1 Å². The van der Waals surface area contributed by atoms with Gasteiger partial charge in [-0.2, -0.15) is 0 Å². The van der Waals surface area contributed by atoms with Crippen LogP contribution in [0.1, 0.15) is 31.7 Å². The molecule has 140 valence electrons. The van der Waals surface area contributed by atoms with E-state index < -0.39 is 23.4 Å². The third-order valence-corrected chi connectivity index (χ3v) is 4.73. The Bertz CT molecular complexity index is 739. The number of carbonyl (C=O) groups excluding carboxylic acids is 1. The molecule has 2 heterocycles. The SMILES string of the molecule is CC1(C2=NC(O)C(O)=C(C(=O)NCc3ccc(F)cc3)N2)CCCCN1. The van der Waals surface area contributed by atoms with E-state index in [0.717, 1.165) is 25.8 Å². The van der Waals surface area contributed by atoms with Gasteiger partial charge in [-0.1, -0.05) is 12.1 Å². The van der Waals surface area contributed by atoms with E-state index in [2.05, 4.69) is 20.9 Å². The molecule has 1 saturated heterocycles. The van der Waals surface area contributed by atoms with Gasteiger partial charge >= 0.3 is 0 Å². The molecular weight excluding hydrogens is 339 g/mol. The second kappa shape index (κ2) is 7.43. The molecular formula is C18H23FN4O3. The number of hydrogen-bond acceptors (Lipinski definition) is 6. The van der Waals surface area contributed by atoms with Gasteiger partial charge in [0.1, 0.15) is 17.3 Å². The first-order valence-electron chi connectivity index (χ1n) is 8.63. The van der Waals surface area contributed by atoms with E-state index >= 15 is 0 Å². The summed E-state index contributed by atoms with van der Waals surface area (Å²) in [6, 6.07) is 5.74. The number of aliphatic hydroxyl groups excluding tert-OH is 2. The van der Waals surface area contributed by atoms with E-state index in [1.807, 2.05) is 6.92 Å². The summed E-state index contributed by atoms with van der Waals surface area (Å²) >= 11 is 0. The number of halogens is 1. The monoisotopic (exact) mass is 362 g/mol. The van der Waals surface area contributed by atoms with Crippen LogP contribution in [-0.4, -0.2) is 40.3 Å². The largest absolute Gasteiger partial charge is 0.506 e. The van der Waals surface area contributed by atoms with E-state index in [1.165, 1.54) is 12.1 Å². The van der Waals surface area contributed by atoms with Crippen LogP contribution in [0.4, 0.5) is 4.39 Å². The van der Waals surface area contributed by atoms with Crippen molar-refractivity contribution in [2.24, 2.45) is 4.99 Å². The van der Waals surface area contributed by atoms with Crippen molar-refractivity contribution in [3.63, 3.8) is 0 Å². The summed E-state index contributed by atoms with van der Waals surface area (Å²) in [5.41, 5.74) is 0.0896. The number of benzene rings is 1. The summed E-state index contributed by atoms with van der Waals surface area (Å²) in [4.78, 5) is 16.6. The minimum atomic E-state index is -1.49. The van der Waals surface area contributed by atoms with Crippen LogP contribution in [0.3, 0.4) is 0 Å². The number of nitrogens with zero attached hydrogens (tertiary/aromatic N) is 1. The maximum Gasteiger partial charge on any atom is 0.271 e. The predicted molar refractivity (Wildman–Crippen MR) is 94.7 cm³/mol. The van der Waals surface area contributed by atoms with Crippen LogP contribution in [0, 0.1) is 5.82 Å². The number of nitrogens with one attached hydrogen (secondary N) is 3. The fourth-order valence-electron chi connectivity index (χ4n) is 3.11. The minimum absolute atomic E-state index is 0.127. The Morgan fingerprint density at radius 3 is 2.77 bits per heavy atom. The summed E-state index contributed by atoms with van der Waals surface area (Å²) in [6.07, 6.45) is 1.37. The molecule has 1 fully saturated rings. The molecule has 8 heteroatoms. The molecule has 1 aromatic carbocycles. The Hall–Kier alpha value is -2.45. The lowest BCUT2D eigenvalue weighted by atomic mass is 9.89. The zero-order valence-electron chi connectivity index (χ0n) is 14.6. The molecule has 7 nitrogen and oxygen atoms in total. The number of piperidine rings is 1. The quantitative estimate of drug-likeness (QED) is 0.551. The van der Waals surface area contributed by atoms with Crippen LogP contribution in [-0.2, 0) is 11.3 Å². The average molecular weight is 362 g/mol. The third-order valence-electron chi connectivity index (χ3n) is 4.73. The first kappa shape index (κ1) is 18.3. The van der Waals surface area contributed by atoms with Gasteiger partial charge in [0, 0.05) is 6.54 Å². The Morgan fingerprint density at radius 2 is 2.12 bits per heavy atom. The lowest BCUT2D eigenvalue weighted by Crippen LogP contribution is -2.59. The van der Waals surface area contributed by atoms with Crippen molar-refractivity contribution < 1.29 is 19.4 Å². The van der Waals surface area contributed by atoms with Gasteiger partial charge in [0.2, 0.25) is 6.23 Å². The van der Waals surface area contributed by atoms with Crippen LogP contribution in [0.2, 0.25) is 0 Å². The standard InChI is InChI=1S/C18H23FN4O3/c1-18(8-2-3-9-21-18)17-22-13(14(24)16(26)23-17)15(25)20-10-11-4-6-12(19)7-5-11/h4-7,16,21,24,26H,2-3,8-10H2,1H3,(H,20,25)(H,22,23). The van der Waals surface area contributed by atoms with Gasteiger partial charge in [0.25, 0.3) is 5.91 Å². The Morgan fingerprint density at radius 1 is 1.38 bits per heavy atom. The smallest absolute Gasteiger partial charge is 0.271 e. The van der Waals surface area contributed by atoms with Crippen LogP contribution >= 0.6 is 0 Å². The number of amides is 1. The third kappa shape index (κ3) is 3.86. The highest BCUT2D eigenvalue weighted by molar-refractivity contribution is 6.03. The topological polar surface area (TPSA) is 106 Å². The first-order chi connectivity index (χ1) is 12.4. The van der Waals surface area contributed by atoms with Gasteiger partial charge in [-0.15, -0.1) is 0 Å². The van der Waals surface area contributed by atoms with Gasteiger partial charge < -0.3 is 26.2 Å². The first-order valence-corrected chi connectivity index (χ1v) is 8.63. The van der Waals surface area contributed by atoms with Gasteiger partial charge in [0.05, 0.1) is 5.54 Å². The van der Waals surface area contributed by atoms with Gasteiger partial charge in [-0.05, 0) is 50.4 Å². The van der Waals surface area contributed by atoms with Crippen molar-refractivity contribution in [3.8, 4) is 0 Å². The average Bonchev–Trinajstić information content (AvgIpc) is 2.63. The molecule has 5 N–H and O–H groups in total. The number of aliphatic imine (C=N–C) groups is 1. The van der Waals surface area contributed by atoms with E-state index in [4.69, 9.17) is 0 Å². The number of rotatable bonds is 4. The molecule has 1 amide bonds. The van der Waals surface area contributed by atoms with Crippen molar-refractivity contribution >= 4 is 11.7 Å². The molecule has 2 aliphatic rings. The van der Waals surface area contributed by atoms with Crippen molar-refractivity contribution in [1.82, 2.24) is 16.0 Å². The molecule has 0 radical (unpaired) electrons. The summed E-state index contributed by atoms with van der Waals surface area (Å²) in [5, 5.41) is 29.0. The fraction of sp³-hybridized carbons (Fsp3) is 0.444. The second-order valence-corrected chi connectivity index (χ2v) is 6.76. The summed E-state index contributed by atoms with van der Waals surface area (Å²) in [5.74, 6) is -1.02. The van der Waals surface area contributed by atoms with Crippen molar-refractivity contribution in [3.05, 3.63) is 47.1 Å². The number of amidine groups is 1. The summed E-state index contributed by atoms with van der Waals surface area (Å²) in [7, 11) is 0. The zero-order valence-corrected chi connectivity index (χ0v) is 14.6. The second-order valence-electron chi connectivity index (χ2n) is 6.76. The molecule has 2 aliphatic heterocycles. The van der Waals surface area contributed by atoms with Gasteiger partial charge in [-0.3, -0.25) is 4.79 Å². The van der Waals surface area contributed by atoms with E-state index in [1.54, 1.807) is 12.1 Å². The Kier molecular flexibility index (Phi) is 5.24. The van der Waals surface area contributed by atoms with Crippen LogP contribution in [0.15, 0.2) is 40.7 Å². The number of hydrogen-bond donors (Lipinski definition) is 5. The predicted octanol–water partition coefficient (Wildman–Crippen LogP) is 1.06. The van der Waals surface area contributed by atoms with Crippen molar-refractivity contribution in [2.75, 3.05) is 6.54 Å². The lowest BCUT2D eigenvalue weighted by Gasteiger charge is -2.38. The van der Waals surface area contributed by atoms with Crippen molar-refractivity contribution in [1.29, 1.82) is 0 Å².